The Bertz CT molecular complexity index is 305. The lowest BCUT2D eigenvalue weighted by Crippen LogP contribution is -2.21. The molecular formula is C13H20N2. The van der Waals surface area contributed by atoms with Crippen LogP contribution in [0.2, 0.25) is 0 Å². The molecule has 1 fully saturated rings. The third kappa shape index (κ3) is 2.37. The van der Waals surface area contributed by atoms with Gasteiger partial charge in [0.05, 0.1) is 0 Å². The van der Waals surface area contributed by atoms with Gasteiger partial charge in [-0.25, -0.2) is 0 Å². The third-order valence-corrected chi connectivity index (χ3v) is 3.49. The first-order valence-corrected chi connectivity index (χ1v) is 5.88. The summed E-state index contributed by atoms with van der Waals surface area (Å²) < 4.78 is 0. The van der Waals surface area contributed by atoms with Crippen LogP contribution in [-0.4, -0.2) is 18.6 Å². The Hall–Kier alpha value is -0.890. The minimum Gasteiger partial charge on any atom is -0.319 e. The Morgan fingerprint density at radius 1 is 1.40 bits per heavy atom. The zero-order valence-corrected chi connectivity index (χ0v) is 9.66. The van der Waals surface area contributed by atoms with E-state index < -0.39 is 0 Å². The first kappa shape index (κ1) is 10.6. The van der Waals surface area contributed by atoms with Crippen LogP contribution in [0.1, 0.15) is 36.4 Å². The molecule has 0 saturated heterocycles. The Balaban J connectivity index is 2.11. The fourth-order valence-electron chi connectivity index (χ4n) is 2.68. The highest BCUT2D eigenvalue weighted by Gasteiger charge is 2.27. The normalized spacial score (nSPS) is 25.7. The maximum Gasteiger partial charge on any atom is 0.0372 e. The van der Waals surface area contributed by atoms with E-state index in [2.05, 4.69) is 28.6 Å². The van der Waals surface area contributed by atoms with Crippen molar-refractivity contribution < 1.29 is 0 Å². The van der Waals surface area contributed by atoms with Crippen LogP contribution in [0.25, 0.3) is 0 Å². The molecule has 1 aliphatic carbocycles. The second kappa shape index (κ2) is 4.75. The molecule has 0 amide bonds. The molecule has 1 N–H and O–H groups in total. The molecule has 0 bridgehead atoms. The Morgan fingerprint density at radius 2 is 2.27 bits per heavy atom. The molecule has 1 saturated carbocycles. The van der Waals surface area contributed by atoms with Crippen LogP contribution in [0.4, 0.5) is 0 Å². The van der Waals surface area contributed by atoms with Crippen LogP contribution in [0.3, 0.4) is 0 Å². The van der Waals surface area contributed by atoms with Crippen molar-refractivity contribution in [2.24, 2.45) is 5.92 Å². The third-order valence-electron chi connectivity index (χ3n) is 3.49. The quantitative estimate of drug-likeness (QED) is 0.818. The van der Waals surface area contributed by atoms with Gasteiger partial charge in [-0.1, -0.05) is 12.5 Å². The van der Waals surface area contributed by atoms with Gasteiger partial charge in [0.1, 0.15) is 0 Å². The molecule has 15 heavy (non-hydrogen) atoms. The SMILES string of the molecule is CNCC1CCCC1c1ccc(C)nc1. The van der Waals surface area contributed by atoms with Gasteiger partial charge in [-0.2, -0.15) is 0 Å². The molecule has 2 rings (SSSR count). The second-order valence-electron chi connectivity index (χ2n) is 4.59. The van der Waals surface area contributed by atoms with Crippen molar-refractivity contribution in [1.29, 1.82) is 0 Å². The molecule has 1 aromatic heterocycles. The van der Waals surface area contributed by atoms with E-state index in [4.69, 9.17) is 0 Å². The standard InChI is InChI=1S/C13H20N2/c1-10-6-7-12(9-15-10)13-5-3-4-11(13)8-14-2/h6-7,9,11,13-14H,3-5,8H2,1-2H3. The van der Waals surface area contributed by atoms with Crippen molar-refractivity contribution >= 4 is 0 Å². The Morgan fingerprint density at radius 3 is 2.93 bits per heavy atom. The summed E-state index contributed by atoms with van der Waals surface area (Å²) in [6, 6.07) is 4.38. The van der Waals surface area contributed by atoms with Crippen LogP contribution >= 0.6 is 0 Å². The molecule has 1 aromatic rings. The van der Waals surface area contributed by atoms with E-state index in [9.17, 15) is 0 Å². The van der Waals surface area contributed by atoms with Crippen molar-refractivity contribution in [3.05, 3.63) is 29.6 Å². The summed E-state index contributed by atoms with van der Waals surface area (Å²) in [6.45, 7) is 3.18. The van der Waals surface area contributed by atoms with Gasteiger partial charge in [-0.05, 0) is 56.8 Å². The van der Waals surface area contributed by atoms with Crippen molar-refractivity contribution in [3.63, 3.8) is 0 Å². The number of hydrogen-bond acceptors (Lipinski definition) is 2. The summed E-state index contributed by atoms with van der Waals surface area (Å²) in [4.78, 5) is 4.40. The maximum absolute atomic E-state index is 4.40. The molecule has 1 aliphatic rings. The van der Waals surface area contributed by atoms with Crippen LogP contribution in [0.5, 0.6) is 0 Å². The summed E-state index contributed by atoms with van der Waals surface area (Å²) in [7, 11) is 2.04. The zero-order chi connectivity index (χ0) is 10.7. The highest BCUT2D eigenvalue weighted by atomic mass is 14.8. The van der Waals surface area contributed by atoms with E-state index in [0.29, 0.717) is 0 Å². The molecule has 0 aromatic carbocycles. The van der Waals surface area contributed by atoms with Crippen molar-refractivity contribution in [3.8, 4) is 0 Å². The molecule has 0 radical (unpaired) electrons. The molecule has 2 unspecified atom stereocenters. The second-order valence-corrected chi connectivity index (χ2v) is 4.59. The monoisotopic (exact) mass is 204 g/mol. The van der Waals surface area contributed by atoms with E-state index in [1.807, 2.05) is 14.0 Å². The molecule has 0 spiro atoms. The van der Waals surface area contributed by atoms with Crippen LogP contribution in [0.15, 0.2) is 18.3 Å². The highest BCUT2D eigenvalue weighted by Crippen LogP contribution is 2.38. The van der Waals surface area contributed by atoms with Gasteiger partial charge >= 0.3 is 0 Å². The van der Waals surface area contributed by atoms with Crippen molar-refractivity contribution in [1.82, 2.24) is 10.3 Å². The summed E-state index contributed by atoms with van der Waals surface area (Å²) in [5.41, 5.74) is 2.54. The molecule has 2 atom stereocenters. The van der Waals surface area contributed by atoms with E-state index in [0.717, 1.165) is 24.1 Å². The molecule has 2 nitrogen and oxygen atoms in total. The van der Waals surface area contributed by atoms with Gasteiger partial charge in [0, 0.05) is 11.9 Å². The maximum atomic E-state index is 4.40. The van der Waals surface area contributed by atoms with Gasteiger partial charge in [0.2, 0.25) is 0 Å². The fraction of sp³-hybridized carbons (Fsp3) is 0.615. The summed E-state index contributed by atoms with van der Waals surface area (Å²) in [5, 5.41) is 3.30. The number of nitrogens with zero attached hydrogens (tertiary/aromatic N) is 1. The van der Waals surface area contributed by atoms with E-state index in [1.165, 1.54) is 24.8 Å². The van der Waals surface area contributed by atoms with Crippen molar-refractivity contribution in [2.45, 2.75) is 32.1 Å². The average molecular weight is 204 g/mol. The number of nitrogens with one attached hydrogen (secondary N) is 1. The number of hydrogen-bond donors (Lipinski definition) is 1. The predicted molar refractivity (Wildman–Crippen MR) is 63.0 cm³/mol. The van der Waals surface area contributed by atoms with Gasteiger partial charge in [-0.15, -0.1) is 0 Å². The lowest BCUT2D eigenvalue weighted by atomic mass is 9.90. The zero-order valence-electron chi connectivity index (χ0n) is 9.66. The summed E-state index contributed by atoms with van der Waals surface area (Å²) in [5.74, 6) is 1.53. The minimum absolute atomic E-state index is 0.727. The molecule has 82 valence electrons. The number of aromatic nitrogens is 1. The number of aryl methyl sites for hydroxylation is 1. The summed E-state index contributed by atoms with van der Waals surface area (Å²) in [6.07, 6.45) is 6.12. The van der Waals surface area contributed by atoms with Crippen LogP contribution in [0, 0.1) is 12.8 Å². The van der Waals surface area contributed by atoms with E-state index in [-0.39, 0.29) is 0 Å². The Labute approximate surface area is 92.1 Å². The topological polar surface area (TPSA) is 24.9 Å². The minimum atomic E-state index is 0.727. The van der Waals surface area contributed by atoms with Gasteiger partial charge in [0.15, 0.2) is 0 Å². The molecule has 0 aliphatic heterocycles. The highest BCUT2D eigenvalue weighted by molar-refractivity contribution is 5.20. The smallest absolute Gasteiger partial charge is 0.0372 e. The molecule has 2 heteroatoms. The first-order chi connectivity index (χ1) is 7.31. The number of pyridine rings is 1. The largest absolute Gasteiger partial charge is 0.319 e. The Kier molecular flexibility index (Phi) is 3.37. The molecule has 1 heterocycles. The van der Waals surface area contributed by atoms with Gasteiger partial charge in [0.25, 0.3) is 0 Å². The lowest BCUT2D eigenvalue weighted by Gasteiger charge is -2.19. The van der Waals surface area contributed by atoms with Gasteiger partial charge in [-0.3, -0.25) is 4.98 Å². The van der Waals surface area contributed by atoms with E-state index >= 15 is 0 Å². The van der Waals surface area contributed by atoms with Crippen molar-refractivity contribution in [2.75, 3.05) is 13.6 Å². The fourth-order valence-corrected chi connectivity index (χ4v) is 2.68. The molecular weight excluding hydrogens is 184 g/mol. The lowest BCUT2D eigenvalue weighted by molar-refractivity contribution is 0.462. The summed E-state index contributed by atoms with van der Waals surface area (Å²) >= 11 is 0. The van der Waals surface area contributed by atoms with Crippen LogP contribution < -0.4 is 5.32 Å². The van der Waals surface area contributed by atoms with E-state index in [1.54, 1.807) is 0 Å². The van der Waals surface area contributed by atoms with Crippen LogP contribution in [-0.2, 0) is 0 Å². The average Bonchev–Trinajstić information content (AvgIpc) is 2.68. The predicted octanol–water partition coefficient (Wildman–Crippen LogP) is 2.49. The number of rotatable bonds is 3. The van der Waals surface area contributed by atoms with Gasteiger partial charge < -0.3 is 5.32 Å². The first-order valence-electron chi connectivity index (χ1n) is 5.88.